The molecule has 138 valence electrons. The van der Waals surface area contributed by atoms with Gasteiger partial charge in [0.1, 0.15) is 11.9 Å². The highest BCUT2D eigenvalue weighted by Gasteiger charge is 2.12. The fourth-order valence-corrected chi connectivity index (χ4v) is 2.82. The molecule has 0 amide bonds. The lowest BCUT2D eigenvalue weighted by Crippen LogP contribution is -1.98. The SMILES string of the molecule is CC/C(=C\C(=C(/C)c1ccc(CO)cc1)c1ccc(C#N)c(F)c1)C(C)=O. The average molecular weight is 363 g/mol. The van der Waals surface area contributed by atoms with Gasteiger partial charge in [-0.25, -0.2) is 4.39 Å². The molecule has 0 spiro atoms. The Morgan fingerprint density at radius 2 is 1.78 bits per heavy atom. The molecule has 0 saturated heterocycles. The standard InChI is InChI=1S/C23H22FNO2/c1-4-18(16(3)27)11-22(20-9-10-21(13-25)23(24)12-20)15(2)19-7-5-17(14-26)6-8-19/h5-12,26H,4,14H2,1-3H3/b18-11+,22-15-. The number of carbonyl (C=O) groups is 1. The van der Waals surface area contributed by atoms with Crippen LogP contribution in [-0.4, -0.2) is 10.9 Å². The van der Waals surface area contributed by atoms with Gasteiger partial charge in [0, 0.05) is 0 Å². The lowest BCUT2D eigenvalue weighted by molar-refractivity contribution is -0.113. The number of ketones is 1. The highest BCUT2D eigenvalue weighted by atomic mass is 19.1. The number of nitriles is 1. The lowest BCUT2D eigenvalue weighted by Gasteiger charge is -2.13. The summed E-state index contributed by atoms with van der Waals surface area (Å²) < 4.78 is 14.2. The van der Waals surface area contributed by atoms with E-state index in [4.69, 9.17) is 5.26 Å². The molecular weight excluding hydrogens is 341 g/mol. The minimum absolute atomic E-state index is 0.0192. The zero-order valence-electron chi connectivity index (χ0n) is 15.7. The lowest BCUT2D eigenvalue weighted by atomic mass is 9.92. The topological polar surface area (TPSA) is 61.1 Å². The van der Waals surface area contributed by atoms with Gasteiger partial charge in [0.25, 0.3) is 0 Å². The molecule has 2 rings (SSSR count). The molecular formula is C23H22FNO2. The number of carbonyl (C=O) groups excluding carboxylic acids is 1. The molecule has 0 atom stereocenters. The van der Waals surface area contributed by atoms with Crippen LogP contribution in [0.2, 0.25) is 0 Å². The van der Waals surface area contributed by atoms with E-state index in [-0.39, 0.29) is 18.0 Å². The summed E-state index contributed by atoms with van der Waals surface area (Å²) in [6.07, 6.45) is 2.35. The van der Waals surface area contributed by atoms with Crippen molar-refractivity contribution in [2.45, 2.75) is 33.8 Å². The number of aliphatic hydroxyl groups is 1. The first-order chi connectivity index (χ1) is 12.9. The van der Waals surface area contributed by atoms with Gasteiger partial charge in [-0.15, -0.1) is 0 Å². The number of hydrogen-bond donors (Lipinski definition) is 1. The molecule has 0 aromatic heterocycles. The summed E-state index contributed by atoms with van der Waals surface area (Å²) in [4.78, 5) is 11.9. The van der Waals surface area contributed by atoms with Gasteiger partial charge in [-0.2, -0.15) is 5.26 Å². The molecule has 0 unspecified atom stereocenters. The van der Waals surface area contributed by atoms with E-state index < -0.39 is 5.82 Å². The van der Waals surface area contributed by atoms with Crippen LogP contribution in [0, 0.1) is 17.1 Å². The summed E-state index contributed by atoms with van der Waals surface area (Å²) >= 11 is 0. The van der Waals surface area contributed by atoms with Crippen LogP contribution in [0.15, 0.2) is 54.1 Å². The van der Waals surface area contributed by atoms with Gasteiger partial charge < -0.3 is 5.11 Å². The smallest absolute Gasteiger partial charge is 0.155 e. The van der Waals surface area contributed by atoms with Crippen LogP contribution in [0.3, 0.4) is 0 Å². The maximum absolute atomic E-state index is 14.2. The number of nitrogens with zero attached hydrogens (tertiary/aromatic N) is 1. The zero-order valence-corrected chi connectivity index (χ0v) is 15.7. The third-order valence-corrected chi connectivity index (χ3v) is 4.53. The molecule has 0 aliphatic heterocycles. The predicted molar refractivity (Wildman–Crippen MR) is 105 cm³/mol. The average Bonchev–Trinajstić information content (AvgIpc) is 2.68. The molecule has 4 heteroatoms. The molecule has 0 heterocycles. The van der Waals surface area contributed by atoms with Crippen molar-refractivity contribution in [1.82, 2.24) is 0 Å². The summed E-state index contributed by atoms with van der Waals surface area (Å²) in [6, 6.07) is 13.7. The minimum Gasteiger partial charge on any atom is -0.392 e. The molecule has 0 saturated carbocycles. The quantitative estimate of drug-likeness (QED) is 0.444. The number of allylic oxidation sites excluding steroid dienone is 4. The van der Waals surface area contributed by atoms with Gasteiger partial charge in [0.15, 0.2) is 5.78 Å². The Morgan fingerprint density at radius 3 is 2.26 bits per heavy atom. The largest absolute Gasteiger partial charge is 0.392 e. The Hall–Kier alpha value is -3.03. The second-order valence-electron chi connectivity index (χ2n) is 6.28. The van der Waals surface area contributed by atoms with Gasteiger partial charge in [-0.05, 0) is 71.9 Å². The third kappa shape index (κ3) is 4.78. The molecule has 0 radical (unpaired) electrons. The van der Waals surface area contributed by atoms with Crippen LogP contribution in [0.5, 0.6) is 0 Å². The van der Waals surface area contributed by atoms with Crippen LogP contribution < -0.4 is 0 Å². The molecule has 0 aliphatic carbocycles. The highest BCUT2D eigenvalue weighted by Crippen LogP contribution is 2.30. The molecule has 2 aromatic carbocycles. The van der Waals surface area contributed by atoms with E-state index in [1.807, 2.05) is 44.2 Å². The Labute approximate surface area is 159 Å². The van der Waals surface area contributed by atoms with Gasteiger partial charge in [0.2, 0.25) is 0 Å². The summed E-state index contributed by atoms with van der Waals surface area (Å²) in [5.74, 6) is -0.627. The second-order valence-corrected chi connectivity index (χ2v) is 6.28. The van der Waals surface area contributed by atoms with Crippen molar-refractivity contribution in [3.8, 4) is 6.07 Å². The third-order valence-electron chi connectivity index (χ3n) is 4.53. The summed E-state index contributed by atoms with van der Waals surface area (Å²) in [7, 11) is 0. The number of Topliss-reactive ketones (excluding diaryl/α,β-unsaturated/α-hetero) is 1. The number of aliphatic hydroxyl groups excluding tert-OH is 1. The van der Waals surface area contributed by atoms with Crippen molar-refractivity contribution in [3.05, 3.63) is 82.2 Å². The first-order valence-electron chi connectivity index (χ1n) is 8.73. The van der Waals surface area contributed by atoms with Crippen LogP contribution >= 0.6 is 0 Å². The van der Waals surface area contributed by atoms with Crippen LogP contribution in [0.25, 0.3) is 11.1 Å². The Balaban J connectivity index is 2.70. The Kier molecular flexibility index (Phi) is 6.81. The van der Waals surface area contributed by atoms with Crippen LogP contribution in [-0.2, 0) is 11.4 Å². The fraction of sp³-hybridized carbons (Fsp3) is 0.217. The fourth-order valence-electron chi connectivity index (χ4n) is 2.82. The molecule has 3 nitrogen and oxygen atoms in total. The maximum atomic E-state index is 14.2. The van der Waals surface area contributed by atoms with E-state index in [9.17, 15) is 14.3 Å². The molecule has 0 bridgehead atoms. The van der Waals surface area contributed by atoms with Gasteiger partial charge in [-0.3, -0.25) is 4.79 Å². The zero-order chi connectivity index (χ0) is 20.0. The highest BCUT2D eigenvalue weighted by molar-refractivity contribution is 6.01. The summed E-state index contributed by atoms with van der Waals surface area (Å²) in [5, 5.41) is 18.2. The molecule has 0 aliphatic rings. The van der Waals surface area contributed by atoms with Gasteiger partial charge in [-0.1, -0.05) is 37.3 Å². The molecule has 1 N–H and O–H groups in total. The monoisotopic (exact) mass is 363 g/mol. The predicted octanol–water partition coefficient (Wildman–Crippen LogP) is 5.05. The van der Waals surface area contributed by atoms with Crippen molar-refractivity contribution in [2.75, 3.05) is 0 Å². The summed E-state index contributed by atoms with van der Waals surface area (Å²) in [6.45, 7) is 5.28. The maximum Gasteiger partial charge on any atom is 0.155 e. The van der Waals surface area contributed by atoms with E-state index in [1.54, 1.807) is 12.1 Å². The Bertz CT molecular complexity index is 947. The van der Waals surface area contributed by atoms with E-state index in [0.717, 1.165) is 22.3 Å². The molecule has 27 heavy (non-hydrogen) atoms. The van der Waals surface area contributed by atoms with E-state index >= 15 is 0 Å². The second kappa shape index (κ2) is 9.07. The molecule has 2 aromatic rings. The minimum atomic E-state index is -0.592. The van der Waals surface area contributed by atoms with E-state index in [1.165, 1.54) is 19.1 Å². The van der Waals surface area contributed by atoms with Crippen molar-refractivity contribution in [2.24, 2.45) is 0 Å². The van der Waals surface area contributed by atoms with E-state index in [0.29, 0.717) is 17.6 Å². The van der Waals surface area contributed by atoms with Crippen LogP contribution in [0.4, 0.5) is 4.39 Å². The van der Waals surface area contributed by atoms with E-state index in [2.05, 4.69) is 0 Å². The number of benzene rings is 2. The number of halogens is 1. The number of rotatable bonds is 6. The first-order valence-corrected chi connectivity index (χ1v) is 8.73. The van der Waals surface area contributed by atoms with Crippen molar-refractivity contribution in [3.63, 3.8) is 0 Å². The summed E-state index contributed by atoms with van der Waals surface area (Å²) in [5.41, 5.74) is 4.52. The van der Waals surface area contributed by atoms with Crippen molar-refractivity contribution < 1.29 is 14.3 Å². The normalized spacial score (nSPS) is 12.4. The number of hydrogen-bond acceptors (Lipinski definition) is 3. The Morgan fingerprint density at radius 1 is 1.15 bits per heavy atom. The van der Waals surface area contributed by atoms with Gasteiger partial charge in [0.05, 0.1) is 12.2 Å². The molecule has 0 fully saturated rings. The first kappa shape index (κ1) is 20.3. The van der Waals surface area contributed by atoms with Crippen molar-refractivity contribution >= 4 is 16.9 Å². The van der Waals surface area contributed by atoms with Gasteiger partial charge >= 0.3 is 0 Å². The van der Waals surface area contributed by atoms with Crippen molar-refractivity contribution in [1.29, 1.82) is 5.26 Å². The van der Waals surface area contributed by atoms with Crippen LogP contribution in [0.1, 0.15) is 49.4 Å².